The second kappa shape index (κ2) is 7.15. The molecule has 10 heteroatoms. The summed E-state index contributed by atoms with van der Waals surface area (Å²) in [5, 5.41) is 4.46. The Morgan fingerprint density at radius 3 is 2.07 bits per heavy atom. The third-order valence-electron chi connectivity index (χ3n) is 4.56. The first-order chi connectivity index (χ1) is 14.0. The Bertz CT molecular complexity index is 1290. The highest BCUT2D eigenvalue weighted by atomic mass is 16.2. The van der Waals surface area contributed by atoms with Crippen LogP contribution in [0, 0.1) is 0 Å². The molecule has 0 spiro atoms. The fourth-order valence-corrected chi connectivity index (χ4v) is 2.98. The Balaban J connectivity index is 1.85. The number of fused-ring (bicyclic) bond motifs is 1. The Morgan fingerprint density at radius 2 is 1.52 bits per heavy atom. The predicted molar refractivity (Wildman–Crippen MR) is 109 cm³/mol. The van der Waals surface area contributed by atoms with Crippen LogP contribution in [0.3, 0.4) is 0 Å². The number of pyridine rings is 2. The fourth-order valence-electron chi connectivity index (χ4n) is 2.98. The van der Waals surface area contributed by atoms with Crippen molar-refractivity contribution in [3.63, 3.8) is 0 Å². The van der Waals surface area contributed by atoms with Crippen LogP contribution in [0.4, 0.5) is 5.95 Å². The highest BCUT2D eigenvalue weighted by molar-refractivity contribution is 6.10. The topological polar surface area (TPSA) is 112 Å². The minimum absolute atomic E-state index is 0.274. The maximum Gasteiger partial charge on any atom is 0.332 e. The van der Waals surface area contributed by atoms with Crippen LogP contribution < -0.4 is 16.7 Å². The van der Waals surface area contributed by atoms with Gasteiger partial charge in [-0.05, 0) is 24.3 Å². The normalized spacial score (nSPS) is 10.9. The highest BCUT2D eigenvalue weighted by Crippen LogP contribution is 2.14. The van der Waals surface area contributed by atoms with E-state index in [9.17, 15) is 9.59 Å². The van der Waals surface area contributed by atoms with Gasteiger partial charge in [-0.2, -0.15) is 10.1 Å². The summed E-state index contributed by atoms with van der Waals surface area (Å²) in [4.78, 5) is 37.8. The standard InChI is InChI=1S/C19H18N8O2/c1-25-15-16(26(2)19(29)27(3)17(15)28)22-18(25)24-23-14(12-8-4-6-10-20-12)13-9-5-7-11-21-13/h4-11H,1-3H3,(H,22,24). The third kappa shape index (κ3) is 3.10. The van der Waals surface area contributed by atoms with Crippen molar-refractivity contribution in [2.24, 2.45) is 26.2 Å². The van der Waals surface area contributed by atoms with Gasteiger partial charge in [-0.15, -0.1) is 0 Å². The van der Waals surface area contributed by atoms with Crippen molar-refractivity contribution >= 4 is 22.8 Å². The van der Waals surface area contributed by atoms with E-state index >= 15 is 0 Å². The summed E-state index contributed by atoms with van der Waals surface area (Å²) >= 11 is 0. The quantitative estimate of drug-likeness (QED) is 0.404. The van der Waals surface area contributed by atoms with E-state index in [1.165, 1.54) is 11.6 Å². The summed E-state index contributed by atoms with van der Waals surface area (Å²) in [6.45, 7) is 0. The fraction of sp³-hybridized carbons (Fsp3) is 0.158. The molecule has 0 saturated carbocycles. The van der Waals surface area contributed by atoms with Crippen LogP contribution in [0.5, 0.6) is 0 Å². The maximum atomic E-state index is 12.5. The summed E-state index contributed by atoms with van der Waals surface area (Å²) in [5.41, 5.74) is 4.35. The van der Waals surface area contributed by atoms with Gasteiger partial charge in [0.15, 0.2) is 11.2 Å². The third-order valence-corrected chi connectivity index (χ3v) is 4.56. The van der Waals surface area contributed by atoms with Gasteiger partial charge in [0.05, 0.1) is 11.4 Å². The molecule has 1 N–H and O–H groups in total. The van der Waals surface area contributed by atoms with Gasteiger partial charge in [0.25, 0.3) is 5.56 Å². The molecule has 0 atom stereocenters. The van der Waals surface area contributed by atoms with Gasteiger partial charge in [0.2, 0.25) is 5.95 Å². The lowest BCUT2D eigenvalue weighted by molar-refractivity contribution is 0.705. The number of anilines is 1. The van der Waals surface area contributed by atoms with E-state index in [1.54, 1.807) is 31.1 Å². The number of hydrazone groups is 1. The van der Waals surface area contributed by atoms with Crippen molar-refractivity contribution in [2.45, 2.75) is 0 Å². The number of aromatic nitrogens is 6. The van der Waals surface area contributed by atoms with E-state index in [0.717, 1.165) is 4.57 Å². The van der Waals surface area contributed by atoms with Crippen molar-refractivity contribution in [2.75, 3.05) is 5.43 Å². The summed E-state index contributed by atoms with van der Waals surface area (Å²) in [6, 6.07) is 11.0. The Labute approximate surface area is 164 Å². The molecule has 0 aliphatic rings. The minimum Gasteiger partial charge on any atom is -0.306 e. The Hall–Kier alpha value is -4.08. The van der Waals surface area contributed by atoms with Gasteiger partial charge >= 0.3 is 5.69 Å². The van der Waals surface area contributed by atoms with Crippen molar-refractivity contribution in [1.82, 2.24) is 28.7 Å². The molecule has 0 bridgehead atoms. The molecule has 29 heavy (non-hydrogen) atoms. The molecule has 4 aromatic heterocycles. The number of hydrogen-bond donors (Lipinski definition) is 1. The van der Waals surface area contributed by atoms with Crippen LogP contribution in [0.1, 0.15) is 11.4 Å². The summed E-state index contributed by atoms with van der Waals surface area (Å²) in [6.07, 6.45) is 3.34. The number of aryl methyl sites for hydroxylation is 2. The Kier molecular flexibility index (Phi) is 4.51. The molecule has 10 nitrogen and oxygen atoms in total. The molecule has 0 fully saturated rings. The second-order valence-corrected chi connectivity index (χ2v) is 6.37. The second-order valence-electron chi connectivity index (χ2n) is 6.37. The van der Waals surface area contributed by atoms with Gasteiger partial charge in [-0.3, -0.25) is 23.9 Å². The molecule has 4 rings (SSSR count). The number of nitrogens with zero attached hydrogens (tertiary/aromatic N) is 7. The summed E-state index contributed by atoms with van der Waals surface area (Å²) in [5.74, 6) is 0.308. The zero-order valence-electron chi connectivity index (χ0n) is 16.1. The number of nitrogens with one attached hydrogen (secondary N) is 1. The van der Waals surface area contributed by atoms with Gasteiger partial charge in [-0.25, -0.2) is 10.2 Å². The summed E-state index contributed by atoms with van der Waals surface area (Å²) < 4.78 is 3.93. The van der Waals surface area contributed by atoms with Crippen LogP contribution in [-0.4, -0.2) is 34.4 Å². The van der Waals surface area contributed by atoms with Crippen LogP contribution in [0.2, 0.25) is 0 Å². The largest absolute Gasteiger partial charge is 0.332 e. The molecular formula is C19H18N8O2. The minimum atomic E-state index is -0.446. The molecule has 0 aliphatic heterocycles. The van der Waals surface area contributed by atoms with E-state index in [-0.39, 0.29) is 5.65 Å². The van der Waals surface area contributed by atoms with Gasteiger partial charge < -0.3 is 4.57 Å². The van der Waals surface area contributed by atoms with Crippen molar-refractivity contribution in [3.8, 4) is 0 Å². The van der Waals surface area contributed by atoms with Gasteiger partial charge in [0.1, 0.15) is 5.71 Å². The lowest BCUT2D eigenvalue weighted by Gasteiger charge is -2.06. The molecular weight excluding hydrogens is 372 g/mol. The number of imidazole rings is 1. The zero-order chi connectivity index (χ0) is 20.5. The number of hydrogen-bond acceptors (Lipinski definition) is 7. The van der Waals surface area contributed by atoms with Gasteiger partial charge in [0, 0.05) is 33.5 Å². The Morgan fingerprint density at radius 1 is 0.897 bits per heavy atom. The molecule has 4 aromatic rings. The van der Waals surface area contributed by atoms with Crippen molar-refractivity contribution in [3.05, 3.63) is 81.0 Å². The molecule has 0 aliphatic carbocycles. The van der Waals surface area contributed by atoms with Gasteiger partial charge in [-0.1, -0.05) is 12.1 Å². The lowest BCUT2D eigenvalue weighted by atomic mass is 10.1. The first-order valence-corrected chi connectivity index (χ1v) is 8.78. The predicted octanol–water partition coefficient (Wildman–Crippen LogP) is 0.625. The highest BCUT2D eigenvalue weighted by Gasteiger charge is 2.17. The maximum absolute atomic E-state index is 12.5. The summed E-state index contributed by atoms with van der Waals surface area (Å²) in [7, 11) is 4.68. The average Bonchev–Trinajstić information content (AvgIpc) is 3.09. The molecule has 146 valence electrons. The van der Waals surface area contributed by atoms with E-state index in [4.69, 9.17) is 0 Å². The van der Waals surface area contributed by atoms with E-state index in [2.05, 4.69) is 25.5 Å². The van der Waals surface area contributed by atoms with Crippen molar-refractivity contribution in [1.29, 1.82) is 0 Å². The van der Waals surface area contributed by atoms with Crippen LogP contribution in [-0.2, 0) is 21.1 Å². The SMILES string of the molecule is Cn1c(=O)c2c(nc(NN=C(c3ccccn3)c3ccccn3)n2C)n(C)c1=O. The molecule has 4 heterocycles. The zero-order valence-corrected chi connectivity index (χ0v) is 16.1. The molecule has 0 unspecified atom stereocenters. The van der Waals surface area contributed by atoms with E-state index < -0.39 is 11.2 Å². The van der Waals surface area contributed by atoms with E-state index in [0.29, 0.717) is 28.6 Å². The van der Waals surface area contributed by atoms with Crippen LogP contribution in [0.25, 0.3) is 11.2 Å². The van der Waals surface area contributed by atoms with E-state index in [1.807, 2.05) is 36.4 Å². The van der Waals surface area contributed by atoms with Crippen LogP contribution in [0.15, 0.2) is 63.5 Å². The molecule has 0 saturated heterocycles. The smallest absolute Gasteiger partial charge is 0.306 e. The monoisotopic (exact) mass is 390 g/mol. The molecule has 0 radical (unpaired) electrons. The van der Waals surface area contributed by atoms with Crippen molar-refractivity contribution < 1.29 is 0 Å². The average molecular weight is 390 g/mol. The molecule has 0 amide bonds. The molecule has 0 aromatic carbocycles. The van der Waals surface area contributed by atoms with Crippen LogP contribution >= 0.6 is 0 Å². The first-order valence-electron chi connectivity index (χ1n) is 8.78. The first kappa shape index (κ1) is 18.3. The number of rotatable bonds is 4. The lowest BCUT2D eigenvalue weighted by Crippen LogP contribution is -2.37.